The van der Waals surface area contributed by atoms with Crippen molar-refractivity contribution < 1.29 is 13.2 Å². The third-order valence-corrected chi connectivity index (χ3v) is 3.32. The largest absolute Gasteiger partial charge is 0.416 e. The number of H-pyrrole nitrogens is 1. The van der Waals surface area contributed by atoms with Crippen molar-refractivity contribution in [2.24, 2.45) is 0 Å². The minimum atomic E-state index is -4.30. The number of hydrogen-bond acceptors (Lipinski definition) is 1. The van der Waals surface area contributed by atoms with Crippen LogP contribution in [0.3, 0.4) is 0 Å². The quantitative estimate of drug-likeness (QED) is 0.805. The van der Waals surface area contributed by atoms with Gasteiger partial charge in [-0.25, -0.2) is 4.98 Å². The molecule has 0 atom stereocenters. The highest BCUT2D eigenvalue weighted by Gasteiger charge is 2.31. The lowest BCUT2D eigenvalue weighted by Crippen LogP contribution is -2.10. The Kier molecular flexibility index (Phi) is 2.18. The molecule has 1 fully saturated rings. The van der Waals surface area contributed by atoms with Gasteiger partial charge in [-0.1, -0.05) is 6.42 Å². The zero-order valence-corrected chi connectivity index (χ0v) is 9.01. The highest BCUT2D eigenvalue weighted by Crippen LogP contribution is 2.36. The summed E-state index contributed by atoms with van der Waals surface area (Å²) in [5.74, 6) is 1.22. The smallest absolute Gasteiger partial charge is 0.342 e. The molecule has 2 aromatic rings. The van der Waals surface area contributed by atoms with E-state index in [1.165, 1.54) is 12.5 Å². The molecule has 1 heterocycles. The summed E-state index contributed by atoms with van der Waals surface area (Å²) in [6, 6.07) is 3.63. The third kappa shape index (κ3) is 1.79. The Morgan fingerprint density at radius 2 is 2.00 bits per heavy atom. The summed E-state index contributed by atoms with van der Waals surface area (Å²) in [7, 11) is 0. The Labute approximate surface area is 95.9 Å². The van der Waals surface area contributed by atoms with Crippen LogP contribution in [0.15, 0.2) is 18.2 Å². The highest BCUT2D eigenvalue weighted by molar-refractivity contribution is 5.76. The van der Waals surface area contributed by atoms with Crippen LogP contribution in [-0.2, 0) is 6.18 Å². The summed E-state index contributed by atoms with van der Waals surface area (Å²) < 4.78 is 37.6. The number of halogens is 3. The van der Waals surface area contributed by atoms with Crippen molar-refractivity contribution in [3.63, 3.8) is 0 Å². The van der Waals surface area contributed by atoms with Crippen LogP contribution in [-0.4, -0.2) is 9.97 Å². The van der Waals surface area contributed by atoms with E-state index < -0.39 is 11.7 Å². The summed E-state index contributed by atoms with van der Waals surface area (Å²) in [5.41, 5.74) is 0.454. The summed E-state index contributed by atoms with van der Waals surface area (Å²) in [6.07, 6.45) is -0.969. The number of nitrogens with zero attached hydrogens (tertiary/aromatic N) is 1. The SMILES string of the molecule is FC(F)(F)c1ccc2nc(C3CCC3)[nH]c2c1. The fraction of sp³-hybridized carbons (Fsp3) is 0.417. The molecule has 3 rings (SSSR count). The van der Waals surface area contributed by atoms with Gasteiger partial charge in [0.25, 0.3) is 0 Å². The summed E-state index contributed by atoms with van der Waals surface area (Å²) >= 11 is 0. The van der Waals surface area contributed by atoms with Crippen LogP contribution < -0.4 is 0 Å². The molecule has 0 radical (unpaired) electrons. The first-order valence-electron chi connectivity index (χ1n) is 5.61. The molecule has 90 valence electrons. The standard InChI is InChI=1S/C12H11F3N2/c13-12(14,15)8-4-5-9-10(6-8)17-11(16-9)7-2-1-3-7/h4-7H,1-3H2,(H,16,17). The van der Waals surface area contributed by atoms with E-state index in [-0.39, 0.29) is 0 Å². The number of fused-ring (bicyclic) bond motifs is 1. The second kappa shape index (κ2) is 3.48. The van der Waals surface area contributed by atoms with Gasteiger partial charge in [0, 0.05) is 5.92 Å². The molecule has 1 aliphatic carbocycles. The summed E-state index contributed by atoms with van der Waals surface area (Å²) in [6.45, 7) is 0. The maximum Gasteiger partial charge on any atom is 0.416 e. The second-order valence-electron chi connectivity index (χ2n) is 4.48. The number of benzene rings is 1. The van der Waals surface area contributed by atoms with Gasteiger partial charge in [-0.2, -0.15) is 13.2 Å². The topological polar surface area (TPSA) is 28.7 Å². The first-order chi connectivity index (χ1) is 8.04. The molecule has 1 aliphatic rings. The molecule has 17 heavy (non-hydrogen) atoms. The van der Waals surface area contributed by atoms with Crippen molar-refractivity contribution in [3.05, 3.63) is 29.6 Å². The maximum absolute atomic E-state index is 12.5. The van der Waals surface area contributed by atoms with E-state index in [0.29, 0.717) is 17.0 Å². The Bertz CT molecular complexity index is 552. The van der Waals surface area contributed by atoms with Gasteiger partial charge in [0.15, 0.2) is 0 Å². The van der Waals surface area contributed by atoms with E-state index in [9.17, 15) is 13.2 Å². The Hall–Kier alpha value is -1.52. The molecule has 1 aromatic heterocycles. The van der Waals surface area contributed by atoms with Gasteiger partial charge in [0.1, 0.15) is 5.82 Å². The zero-order valence-electron chi connectivity index (χ0n) is 9.01. The molecule has 1 N–H and O–H groups in total. The van der Waals surface area contributed by atoms with Crippen LogP contribution in [0, 0.1) is 0 Å². The van der Waals surface area contributed by atoms with Gasteiger partial charge in [-0.3, -0.25) is 0 Å². The highest BCUT2D eigenvalue weighted by atomic mass is 19.4. The van der Waals surface area contributed by atoms with Gasteiger partial charge in [0.05, 0.1) is 16.6 Å². The van der Waals surface area contributed by atoms with E-state index in [0.717, 1.165) is 30.8 Å². The molecule has 2 nitrogen and oxygen atoms in total. The number of aromatic amines is 1. The van der Waals surface area contributed by atoms with Crippen molar-refractivity contribution in [3.8, 4) is 0 Å². The summed E-state index contributed by atoms with van der Waals surface area (Å²) in [4.78, 5) is 7.33. The van der Waals surface area contributed by atoms with Gasteiger partial charge < -0.3 is 4.98 Å². The van der Waals surface area contributed by atoms with Gasteiger partial charge in [-0.05, 0) is 31.0 Å². The molecular formula is C12H11F3N2. The van der Waals surface area contributed by atoms with Gasteiger partial charge in [0.2, 0.25) is 0 Å². The Balaban J connectivity index is 2.04. The van der Waals surface area contributed by atoms with E-state index >= 15 is 0 Å². The van der Waals surface area contributed by atoms with Crippen molar-refractivity contribution in [2.45, 2.75) is 31.4 Å². The van der Waals surface area contributed by atoms with E-state index in [4.69, 9.17) is 0 Å². The van der Waals surface area contributed by atoms with Crippen LogP contribution in [0.5, 0.6) is 0 Å². The third-order valence-electron chi connectivity index (χ3n) is 3.32. The van der Waals surface area contributed by atoms with Gasteiger partial charge in [-0.15, -0.1) is 0 Å². The molecule has 0 aliphatic heterocycles. The lowest BCUT2D eigenvalue weighted by Gasteiger charge is -2.22. The number of hydrogen-bond donors (Lipinski definition) is 1. The minimum Gasteiger partial charge on any atom is -0.342 e. The number of nitrogens with one attached hydrogen (secondary N) is 1. The molecule has 0 unspecified atom stereocenters. The molecule has 0 bridgehead atoms. The number of alkyl halides is 3. The molecule has 1 saturated carbocycles. The predicted octanol–water partition coefficient (Wildman–Crippen LogP) is 3.85. The molecular weight excluding hydrogens is 229 g/mol. The minimum absolute atomic E-state index is 0.400. The first-order valence-corrected chi connectivity index (χ1v) is 5.61. The van der Waals surface area contributed by atoms with Crippen LogP contribution in [0.1, 0.15) is 36.6 Å². The van der Waals surface area contributed by atoms with E-state index in [2.05, 4.69) is 9.97 Å². The predicted molar refractivity (Wildman–Crippen MR) is 57.7 cm³/mol. The van der Waals surface area contributed by atoms with Crippen LogP contribution >= 0.6 is 0 Å². The number of imidazole rings is 1. The number of rotatable bonds is 1. The summed E-state index contributed by atoms with van der Waals surface area (Å²) in [5, 5.41) is 0. The zero-order chi connectivity index (χ0) is 12.0. The average molecular weight is 240 g/mol. The monoisotopic (exact) mass is 240 g/mol. The van der Waals surface area contributed by atoms with Crippen LogP contribution in [0.2, 0.25) is 0 Å². The van der Waals surface area contributed by atoms with Crippen molar-refractivity contribution >= 4 is 11.0 Å². The lowest BCUT2D eigenvalue weighted by molar-refractivity contribution is -0.137. The first kappa shape index (κ1) is 10.6. The Morgan fingerprint density at radius 1 is 1.24 bits per heavy atom. The molecule has 0 spiro atoms. The fourth-order valence-corrected chi connectivity index (χ4v) is 2.08. The molecule has 0 amide bonds. The molecule has 0 saturated heterocycles. The molecule has 1 aromatic carbocycles. The fourth-order valence-electron chi connectivity index (χ4n) is 2.08. The normalized spacial score (nSPS) is 17.4. The van der Waals surface area contributed by atoms with Crippen molar-refractivity contribution in [1.82, 2.24) is 9.97 Å². The van der Waals surface area contributed by atoms with Gasteiger partial charge >= 0.3 is 6.18 Å². The maximum atomic E-state index is 12.5. The van der Waals surface area contributed by atoms with Crippen molar-refractivity contribution in [1.29, 1.82) is 0 Å². The second-order valence-corrected chi connectivity index (χ2v) is 4.48. The molecule has 5 heteroatoms. The van der Waals surface area contributed by atoms with Crippen molar-refractivity contribution in [2.75, 3.05) is 0 Å². The lowest BCUT2D eigenvalue weighted by atomic mass is 9.85. The number of aromatic nitrogens is 2. The van der Waals surface area contributed by atoms with E-state index in [1.807, 2.05) is 0 Å². The Morgan fingerprint density at radius 3 is 2.59 bits per heavy atom. The average Bonchev–Trinajstić information content (AvgIpc) is 2.54. The van der Waals surface area contributed by atoms with Crippen LogP contribution in [0.4, 0.5) is 13.2 Å². The van der Waals surface area contributed by atoms with Crippen LogP contribution in [0.25, 0.3) is 11.0 Å². The van der Waals surface area contributed by atoms with E-state index in [1.54, 1.807) is 0 Å².